The summed E-state index contributed by atoms with van der Waals surface area (Å²) >= 11 is 1.76. The van der Waals surface area contributed by atoms with Crippen LogP contribution in [0.1, 0.15) is 23.8 Å². The molecule has 0 radical (unpaired) electrons. The van der Waals surface area contributed by atoms with E-state index in [1.54, 1.807) is 11.3 Å². The summed E-state index contributed by atoms with van der Waals surface area (Å²) in [6, 6.07) is 4.42. The molecule has 72 valence electrons. The Bertz CT molecular complexity index is 241. The van der Waals surface area contributed by atoms with Gasteiger partial charge in [-0.15, -0.1) is 11.3 Å². The van der Waals surface area contributed by atoms with Gasteiger partial charge in [0.1, 0.15) is 0 Å². The molecular formula is C10H15NOS. The van der Waals surface area contributed by atoms with Crippen molar-refractivity contribution < 1.29 is 4.74 Å². The van der Waals surface area contributed by atoms with Crippen molar-refractivity contribution in [3.05, 3.63) is 22.4 Å². The van der Waals surface area contributed by atoms with E-state index in [9.17, 15) is 0 Å². The lowest BCUT2D eigenvalue weighted by Gasteiger charge is -2.26. The van der Waals surface area contributed by atoms with Crippen molar-refractivity contribution in [1.29, 1.82) is 0 Å². The summed E-state index contributed by atoms with van der Waals surface area (Å²) in [4.78, 5) is 1.31. The van der Waals surface area contributed by atoms with E-state index in [1.807, 2.05) is 0 Å². The molecule has 13 heavy (non-hydrogen) atoms. The molecule has 0 saturated carbocycles. The normalized spacial score (nSPS) is 21.6. The molecule has 2 heterocycles. The first-order valence-electron chi connectivity index (χ1n) is 4.74. The maximum absolute atomic E-state index is 6.17. The van der Waals surface area contributed by atoms with Crippen molar-refractivity contribution in [1.82, 2.24) is 0 Å². The minimum atomic E-state index is 0.226. The summed E-state index contributed by atoms with van der Waals surface area (Å²) in [5.74, 6) is 0.618. The van der Waals surface area contributed by atoms with Gasteiger partial charge in [-0.1, -0.05) is 6.07 Å². The number of hydrogen-bond donors (Lipinski definition) is 1. The van der Waals surface area contributed by atoms with E-state index < -0.39 is 0 Å². The predicted molar refractivity (Wildman–Crippen MR) is 54.8 cm³/mol. The summed E-state index contributed by atoms with van der Waals surface area (Å²) in [5, 5.41) is 2.09. The van der Waals surface area contributed by atoms with E-state index in [1.165, 1.54) is 4.88 Å². The molecule has 1 saturated heterocycles. The number of hydrogen-bond acceptors (Lipinski definition) is 3. The highest BCUT2D eigenvalue weighted by Crippen LogP contribution is 2.30. The zero-order valence-corrected chi connectivity index (χ0v) is 8.43. The van der Waals surface area contributed by atoms with Crippen LogP contribution >= 0.6 is 11.3 Å². The Hall–Kier alpha value is -0.380. The molecule has 1 atom stereocenters. The van der Waals surface area contributed by atoms with E-state index >= 15 is 0 Å². The van der Waals surface area contributed by atoms with Crippen LogP contribution < -0.4 is 5.73 Å². The second-order valence-corrected chi connectivity index (χ2v) is 4.47. The topological polar surface area (TPSA) is 35.2 Å². The molecule has 1 aromatic heterocycles. The van der Waals surface area contributed by atoms with Crippen LogP contribution in [0.15, 0.2) is 17.5 Å². The summed E-state index contributed by atoms with van der Waals surface area (Å²) in [5.41, 5.74) is 6.17. The lowest BCUT2D eigenvalue weighted by molar-refractivity contribution is 0.0587. The van der Waals surface area contributed by atoms with Crippen LogP contribution in [0.4, 0.5) is 0 Å². The SMILES string of the molecule is NC(c1cccs1)C1CCOCC1. The first-order chi connectivity index (χ1) is 6.38. The van der Waals surface area contributed by atoms with Gasteiger partial charge in [0.25, 0.3) is 0 Å². The van der Waals surface area contributed by atoms with Gasteiger partial charge in [0.15, 0.2) is 0 Å². The van der Waals surface area contributed by atoms with Gasteiger partial charge in [-0.25, -0.2) is 0 Å². The molecule has 0 amide bonds. The van der Waals surface area contributed by atoms with E-state index in [2.05, 4.69) is 17.5 Å². The van der Waals surface area contributed by atoms with Gasteiger partial charge >= 0.3 is 0 Å². The van der Waals surface area contributed by atoms with E-state index in [0.29, 0.717) is 5.92 Å². The first-order valence-corrected chi connectivity index (χ1v) is 5.62. The van der Waals surface area contributed by atoms with Gasteiger partial charge in [-0.2, -0.15) is 0 Å². The fourth-order valence-corrected chi connectivity index (χ4v) is 2.61. The molecule has 1 fully saturated rings. The van der Waals surface area contributed by atoms with Crippen molar-refractivity contribution in [2.24, 2.45) is 11.7 Å². The quantitative estimate of drug-likeness (QED) is 0.788. The largest absolute Gasteiger partial charge is 0.381 e. The third-order valence-corrected chi connectivity index (χ3v) is 3.62. The van der Waals surface area contributed by atoms with Gasteiger partial charge in [0.05, 0.1) is 0 Å². The lowest BCUT2D eigenvalue weighted by Crippen LogP contribution is -2.26. The van der Waals surface area contributed by atoms with Crippen LogP contribution in [0.2, 0.25) is 0 Å². The Labute approximate surface area is 82.7 Å². The van der Waals surface area contributed by atoms with E-state index in [0.717, 1.165) is 26.1 Å². The smallest absolute Gasteiger partial charge is 0.0469 e. The maximum atomic E-state index is 6.17. The molecule has 1 unspecified atom stereocenters. The number of nitrogens with two attached hydrogens (primary N) is 1. The monoisotopic (exact) mass is 197 g/mol. The van der Waals surface area contributed by atoms with Crippen LogP contribution in [-0.2, 0) is 4.74 Å². The number of ether oxygens (including phenoxy) is 1. The maximum Gasteiger partial charge on any atom is 0.0469 e. The van der Waals surface area contributed by atoms with Gasteiger partial charge in [0.2, 0.25) is 0 Å². The predicted octanol–water partition coefficient (Wildman–Crippen LogP) is 2.17. The fraction of sp³-hybridized carbons (Fsp3) is 0.600. The van der Waals surface area contributed by atoms with Crippen molar-refractivity contribution in [2.45, 2.75) is 18.9 Å². The molecule has 0 spiro atoms. The average molecular weight is 197 g/mol. The highest BCUT2D eigenvalue weighted by molar-refractivity contribution is 7.10. The Morgan fingerprint density at radius 2 is 2.23 bits per heavy atom. The third-order valence-electron chi connectivity index (χ3n) is 2.65. The third kappa shape index (κ3) is 2.10. The minimum Gasteiger partial charge on any atom is -0.381 e. The Kier molecular flexibility index (Phi) is 2.98. The van der Waals surface area contributed by atoms with Crippen molar-refractivity contribution >= 4 is 11.3 Å². The van der Waals surface area contributed by atoms with Crippen LogP contribution in [0.5, 0.6) is 0 Å². The van der Waals surface area contributed by atoms with E-state index in [4.69, 9.17) is 10.5 Å². The molecule has 1 aromatic rings. The van der Waals surface area contributed by atoms with Gasteiger partial charge in [-0.3, -0.25) is 0 Å². The minimum absolute atomic E-state index is 0.226. The molecule has 0 aromatic carbocycles. The van der Waals surface area contributed by atoms with Crippen LogP contribution in [0.3, 0.4) is 0 Å². The molecule has 0 bridgehead atoms. The summed E-state index contributed by atoms with van der Waals surface area (Å²) in [6.45, 7) is 1.76. The van der Waals surface area contributed by atoms with Crippen molar-refractivity contribution in [2.75, 3.05) is 13.2 Å². The van der Waals surface area contributed by atoms with Crippen molar-refractivity contribution in [3.63, 3.8) is 0 Å². The Morgan fingerprint density at radius 3 is 2.85 bits per heavy atom. The van der Waals surface area contributed by atoms with Crippen LogP contribution in [0, 0.1) is 5.92 Å². The molecule has 0 aliphatic carbocycles. The number of thiophene rings is 1. The summed E-state index contributed by atoms with van der Waals surface area (Å²) in [6.07, 6.45) is 2.22. The van der Waals surface area contributed by atoms with E-state index in [-0.39, 0.29) is 6.04 Å². The van der Waals surface area contributed by atoms with Gasteiger partial charge in [0, 0.05) is 24.1 Å². The Morgan fingerprint density at radius 1 is 1.46 bits per heavy atom. The first kappa shape index (κ1) is 9.19. The van der Waals surface area contributed by atoms with Crippen LogP contribution in [0.25, 0.3) is 0 Å². The summed E-state index contributed by atoms with van der Waals surface area (Å²) < 4.78 is 5.32. The highest BCUT2D eigenvalue weighted by Gasteiger charge is 2.22. The molecule has 1 aliphatic rings. The fourth-order valence-electron chi connectivity index (χ4n) is 1.79. The second-order valence-electron chi connectivity index (χ2n) is 3.49. The standard InChI is InChI=1S/C10H15NOS/c11-10(9-2-1-7-13-9)8-3-5-12-6-4-8/h1-2,7-8,10H,3-6,11H2. The molecule has 3 heteroatoms. The van der Waals surface area contributed by atoms with Gasteiger partial charge in [-0.05, 0) is 30.2 Å². The van der Waals surface area contributed by atoms with Crippen molar-refractivity contribution in [3.8, 4) is 0 Å². The molecular weight excluding hydrogens is 182 g/mol. The second kappa shape index (κ2) is 4.22. The van der Waals surface area contributed by atoms with Gasteiger partial charge < -0.3 is 10.5 Å². The zero-order chi connectivity index (χ0) is 9.10. The molecule has 1 aliphatic heterocycles. The zero-order valence-electron chi connectivity index (χ0n) is 7.61. The molecule has 2 nitrogen and oxygen atoms in total. The average Bonchev–Trinajstić information content (AvgIpc) is 2.71. The Balaban J connectivity index is 1.99. The molecule has 2 rings (SSSR count). The number of rotatable bonds is 2. The van der Waals surface area contributed by atoms with Crippen LogP contribution in [-0.4, -0.2) is 13.2 Å². The highest BCUT2D eigenvalue weighted by atomic mass is 32.1. The summed E-state index contributed by atoms with van der Waals surface area (Å²) in [7, 11) is 0. The molecule has 2 N–H and O–H groups in total. The lowest BCUT2D eigenvalue weighted by atomic mass is 9.91.